The lowest BCUT2D eigenvalue weighted by Gasteiger charge is -2.47. The number of carbonyl (C=O) groups excluding carboxylic acids is 3. The lowest BCUT2D eigenvalue weighted by atomic mass is 9.85. The van der Waals surface area contributed by atoms with Gasteiger partial charge in [-0.3, -0.25) is 25.0 Å². The van der Waals surface area contributed by atoms with Crippen molar-refractivity contribution in [1.82, 2.24) is 15.5 Å². The Morgan fingerprint density at radius 1 is 1.25 bits per heavy atom. The Bertz CT molecular complexity index is 1080. The van der Waals surface area contributed by atoms with Crippen molar-refractivity contribution in [2.24, 2.45) is 0 Å². The van der Waals surface area contributed by atoms with E-state index in [4.69, 9.17) is 4.74 Å². The smallest absolute Gasteiger partial charge is 0.313 e. The number of nitrogens with one attached hydrogen (secondary N) is 2. The number of hydrogen-bond donors (Lipinski definition) is 4. The number of aliphatic hydroxyl groups is 1. The van der Waals surface area contributed by atoms with Gasteiger partial charge in [-0.15, -0.1) is 0 Å². The predicted octanol–water partition coefficient (Wildman–Crippen LogP) is 1.12. The standard InChI is InChI=1S/C25H32F2N4O5/c1-4-31(25(28-3)10-8-17(9-11-25)36-5-2)24(35)20-22(33)21(32)18(14-29-20)23(34)30-13-15-6-7-16(26)12-19(15)27/h6-7,12,14,17,28,33H,4-5,8-11,13H2,1-3H3,(H,29,32)(H,30,34)/p+1. The first-order valence-corrected chi connectivity index (χ1v) is 12.0. The molecule has 1 aliphatic heterocycles. The molecule has 1 aliphatic carbocycles. The van der Waals surface area contributed by atoms with E-state index in [0.717, 1.165) is 25.1 Å². The lowest BCUT2D eigenvalue weighted by Crippen LogP contribution is -2.82. The van der Waals surface area contributed by atoms with E-state index >= 15 is 0 Å². The third-order valence-corrected chi connectivity index (χ3v) is 6.77. The first kappa shape index (κ1) is 27.4. The Labute approximate surface area is 208 Å². The van der Waals surface area contributed by atoms with Crippen LogP contribution in [0.2, 0.25) is 0 Å². The van der Waals surface area contributed by atoms with Gasteiger partial charge in [0.15, 0.2) is 0 Å². The number of benzene rings is 1. The largest absolute Gasteiger partial charge is 0.500 e. The molecule has 196 valence electrons. The number of carbonyl (C=O) groups is 3. The van der Waals surface area contributed by atoms with Crippen molar-refractivity contribution in [3.8, 4) is 0 Å². The zero-order valence-electron chi connectivity index (χ0n) is 20.7. The number of hydrogen-bond acceptors (Lipinski definition) is 6. The van der Waals surface area contributed by atoms with Crippen LogP contribution in [0.4, 0.5) is 8.78 Å². The third-order valence-electron chi connectivity index (χ3n) is 6.77. The zero-order valence-corrected chi connectivity index (χ0v) is 20.7. The maximum absolute atomic E-state index is 13.8. The van der Waals surface area contributed by atoms with Crippen molar-refractivity contribution in [3.05, 3.63) is 58.6 Å². The highest BCUT2D eigenvalue weighted by molar-refractivity contribution is 6.26. The van der Waals surface area contributed by atoms with Gasteiger partial charge in [0.1, 0.15) is 23.4 Å². The van der Waals surface area contributed by atoms with Gasteiger partial charge in [-0.2, -0.15) is 0 Å². The average molecular weight is 508 g/mol. The number of Topliss-reactive ketones (excluding diaryl/α,β-unsaturated/α-hetero) is 1. The van der Waals surface area contributed by atoms with Gasteiger partial charge in [0.05, 0.1) is 11.8 Å². The molecule has 5 N–H and O–H groups in total. The van der Waals surface area contributed by atoms with Crippen LogP contribution in [0.25, 0.3) is 0 Å². The molecule has 1 aromatic rings. The molecule has 2 amide bonds. The molecule has 0 radical (unpaired) electrons. The van der Waals surface area contributed by atoms with E-state index in [1.807, 2.05) is 13.8 Å². The molecule has 1 heterocycles. The fourth-order valence-electron chi connectivity index (χ4n) is 4.77. The molecular weight excluding hydrogens is 474 g/mol. The summed E-state index contributed by atoms with van der Waals surface area (Å²) in [5.41, 5.74) is -1.23. The number of amides is 2. The van der Waals surface area contributed by atoms with Crippen molar-refractivity contribution in [2.75, 3.05) is 20.2 Å². The second kappa shape index (κ2) is 11.7. The number of quaternary nitrogens is 1. The Hall–Kier alpha value is -3.15. The van der Waals surface area contributed by atoms with Crippen LogP contribution in [0.5, 0.6) is 0 Å². The normalized spacial score (nSPS) is 22.3. The summed E-state index contributed by atoms with van der Waals surface area (Å²) in [5, 5.41) is 17.5. The molecule has 0 saturated heterocycles. The van der Waals surface area contributed by atoms with Crippen molar-refractivity contribution in [3.63, 3.8) is 0 Å². The fourth-order valence-corrected chi connectivity index (χ4v) is 4.77. The summed E-state index contributed by atoms with van der Waals surface area (Å²) < 4.78 is 32.6. The maximum Gasteiger partial charge on any atom is 0.313 e. The Morgan fingerprint density at radius 3 is 2.53 bits per heavy atom. The monoisotopic (exact) mass is 507 g/mol. The van der Waals surface area contributed by atoms with E-state index in [1.165, 1.54) is 11.4 Å². The van der Waals surface area contributed by atoms with Crippen LogP contribution in [-0.2, 0) is 25.7 Å². The maximum atomic E-state index is 13.8. The summed E-state index contributed by atoms with van der Waals surface area (Å²) in [4.78, 5) is 40.4. The van der Waals surface area contributed by atoms with E-state index in [9.17, 15) is 28.3 Å². The highest BCUT2D eigenvalue weighted by atomic mass is 19.1. The van der Waals surface area contributed by atoms with E-state index in [1.54, 1.807) is 11.9 Å². The number of ketones is 1. The highest BCUT2D eigenvalue weighted by Crippen LogP contribution is 2.33. The molecule has 0 aromatic heterocycles. The minimum atomic E-state index is -1.01. The summed E-state index contributed by atoms with van der Waals surface area (Å²) in [6.45, 7) is 4.42. The number of rotatable bonds is 9. The van der Waals surface area contributed by atoms with Gasteiger partial charge in [0.25, 0.3) is 5.91 Å². The van der Waals surface area contributed by atoms with Crippen molar-refractivity contribution in [1.29, 1.82) is 0 Å². The van der Waals surface area contributed by atoms with Crippen LogP contribution in [-0.4, -0.2) is 59.6 Å². The molecule has 0 bridgehead atoms. The minimum absolute atomic E-state index is 0.0308. The van der Waals surface area contributed by atoms with Crippen LogP contribution in [0.3, 0.4) is 0 Å². The lowest BCUT2D eigenvalue weighted by molar-refractivity contribution is -0.533. The topological polar surface area (TPSA) is 125 Å². The van der Waals surface area contributed by atoms with Crippen molar-refractivity contribution < 1.29 is 38.3 Å². The van der Waals surface area contributed by atoms with Crippen LogP contribution in [0, 0.1) is 11.6 Å². The minimum Gasteiger partial charge on any atom is -0.500 e. The summed E-state index contributed by atoms with van der Waals surface area (Å²) in [6, 6.07) is 2.92. The van der Waals surface area contributed by atoms with E-state index in [-0.39, 0.29) is 23.9 Å². The second-order valence-corrected chi connectivity index (χ2v) is 8.74. The summed E-state index contributed by atoms with van der Waals surface area (Å²) >= 11 is 0. The predicted molar refractivity (Wildman–Crippen MR) is 126 cm³/mol. The summed E-state index contributed by atoms with van der Waals surface area (Å²) in [7, 11) is 1.77. The summed E-state index contributed by atoms with van der Waals surface area (Å²) in [5.74, 6) is -4.81. The SMILES string of the molecule is CCOC1CCC(NC)(N(CC)C(=O)C2=C(O)C(=O)C(C(=O)NCc3ccc(F)cc3F)=C[NH2+]2)CC1. The Balaban J connectivity index is 1.71. The quantitative estimate of drug-likeness (QED) is 0.293. The first-order valence-electron chi connectivity index (χ1n) is 12.0. The van der Waals surface area contributed by atoms with Crippen LogP contribution >= 0.6 is 0 Å². The van der Waals surface area contributed by atoms with Crippen LogP contribution in [0.1, 0.15) is 45.1 Å². The molecule has 0 spiro atoms. The zero-order chi connectivity index (χ0) is 26.5. The van der Waals surface area contributed by atoms with Gasteiger partial charge < -0.3 is 20.1 Å². The fraction of sp³-hybridized carbons (Fsp3) is 0.480. The molecule has 1 saturated carbocycles. The van der Waals surface area contributed by atoms with Gasteiger partial charge in [-0.1, -0.05) is 6.07 Å². The molecule has 1 aromatic carbocycles. The Morgan fingerprint density at radius 2 is 1.94 bits per heavy atom. The van der Waals surface area contributed by atoms with Gasteiger partial charge >= 0.3 is 5.91 Å². The number of ether oxygens (including phenoxy) is 1. The molecular formula is C25H33F2N4O5+. The average Bonchev–Trinajstić information content (AvgIpc) is 2.86. The number of allylic oxidation sites excluding steroid dienone is 1. The summed E-state index contributed by atoms with van der Waals surface area (Å²) in [6.07, 6.45) is 4.07. The van der Waals surface area contributed by atoms with Gasteiger partial charge in [-0.05, 0) is 52.6 Å². The molecule has 0 atom stereocenters. The van der Waals surface area contributed by atoms with Gasteiger partial charge in [-0.25, -0.2) is 8.78 Å². The molecule has 36 heavy (non-hydrogen) atoms. The van der Waals surface area contributed by atoms with Crippen LogP contribution in [0.15, 0.2) is 41.4 Å². The number of aliphatic hydroxyl groups excluding tert-OH is 1. The number of likely N-dealkylation sites (N-methyl/N-ethyl adjacent to an activating group) is 1. The van der Waals surface area contributed by atoms with Gasteiger partial charge in [0.2, 0.25) is 17.2 Å². The number of nitrogens with two attached hydrogens (primary N) is 1. The van der Waals surface area contributed by atoms with E-state index in [2.05, 4.69) is 10.6 Å². The van der Waals surface area contributed by atoms with Crippen LogP contribution < -0.4 is 16.0 Å². The highest BCUT2D eigenvalue weighted by Gasteiger charge is 2.45. The molecule has 11 heteroatoms. The molecule has 2 aliphatic rings. The van der Waals surface area contributed by atoms with Gasteiger partial charge in [0, 0.05) is 31.3 Å². The van der Waals surface area contributed by atoms with E-state index in [0.29, 0.717) is 32.1 Å². The van der Waals surface area contributed by atoms with Crippen molar-refractivity contribution >= 4 is 17.6 Å². The Kier molecular flexibility index (Phi) is 8.93. The van der Waals surface area contributed by atoms with E-state index < -0.39 is 46.2 Å². The second-order valence-electron chi connectivity index (χ2n) is 8.74. The molecule has 9 nitrogen and oxygen atoms in total. The van der Waals surface area contributed by atoms with Crippen molar-refractivity contribution in [2.45, 2.75) is 57.8 Å². The number of halogens is 2. The first-order chi connectivity index (χ1) is 17.2. The molecule has 3 rings (SSSR count). The molecule has 1 fully saturated rings. The molecule has 0 unspecified atom stereocenters. The third kappa shape index (κ3) is 5.63. The number of nitrogens with zero attached hydrogens (tertiary/aromatic N) is 1.